The zero-order valence-corrected chi connectivity index (χ0v) is 15.6. The number of rotatable bonds is 3. The Morgan fingerprint density at radius 2 is 1.79 bits per heavy atom. The summed E-state index contributed by atoms with van der Waals surface area (Å²) in [4.78, 5) is 22.4. The molecular weight excluding hydrogens is 373 g/mol. The number of nitrogens with zero attached hydrogens (tertiary/aromatic N) is 3. The summed E-state index contributed by atoms with van der Waals surface area (Å²) in [5, 5.41) is 2.63. The number of hydrogen-bond donors (Lipinski definition) is 1. The zero-order chi connectivity index (χ0) is 20.3. The lowest BCUT2D eigenvalue weighted by Crippen LogP contribution is -2.43. The van der Waals surface area contributed by atoms with E-state index in [1.54, 1.807) is 17.9 Å². The van der Waals surface area contributed by atoms with Crippen molar-refractivity contribution in [3.8, 4) is 5.88 Å². The second kappa shape index (κ2) is 8.04. The van der Waals surface area contributed by atoms with Crippen LogP contribution in [0.2, 0.25) is 0 Å². The van der Waals surface area contributed by atoms with Crippen LogP contribution in [-0.4, -0.2) is 40.1 Å². The third-order valence-electron chi connectivity index (χ3n) is 4.42. The molecule has 2 heterocycles. The molecule has 1 aliphatic heterocycles. The Kier molecular flexibility index (Phi) is 5.71. The van der Waals surface area contributed by atoms with E-state index < -0.39 is 11.7 Å². The number of likely N-dealkylation sites (tertiary alicyclic amines) is 1. The number of carbonyl (C=O) groups is 1. The van der Waals surface area contributed by atoms with Gasteiger partial charge in [0, 0.05) is 43.4 Å². The zero-order valence-electron chi connectivity index (χ0n) is 15.6. The van der Waals surface area contributed by atoms with Crippen molar-refractivity contribution in [3.05, 3.63) is 47.4 Å². The van der Waals surface area contributed by atoms with E-state index in [1.165, 1.54) is 12.1 Å². The first kappa shape index (κ1) is 19.9. The maximum absolute atomic E-state index is 12.6. The predicted molar refractivity (Wildman–Crippen MR) is 97.2 cm³/mol. The average Bonchev–Trinajstić information content (AvgIpc) is 2.61. The van der Waals surface area contributed by atoms with Crippen LogP contribution >= 0.6 is 0 Å². The second-order valence-corrected chi connectivity index (χ2v) is 6.70. The van der Waals surface area contributed by atoms with Crippen LogP contribution in [0.25, 0.3) is 0 Å². The predicted octanol–water partition coefficient (Wildman–Crippen LogP) is 4.19. The van der Waals surface area contributed by atoms with Crippen molar-refractivity contribution >= 4 is 11.7 Å². The number of amides is 2. The number of carbonyl (C=O) groups excluding carboxylic acids is 1. The van der Waals surface area contributed by atoms with E-state index in [4.69, 9.17) is 4.74 Å². The van der Waals surface area contributed by atoms with Crippen LogP contribution in [0, 0.1) is 13.8 Å². The summed E-state index contributed by atoms with van der Waals surface area (Å²) in [5.74, 6) is 1.17. The van der Waals surface area contributed by atoms with Crippen molar-refractivity contribution in [3.63, 3.8) is 0 Å². The van der Waals surface area contributed by atoms with Gasteiger partial charge in [0.05, 0.1) is 5.56 Å². The molecule has 28 heavy (non-hydrogen) atoms. The van der Waals surface area contributed by atoms with Gasteiger partial charge in [0.25, 0.3) is 0 Å². The minimum absolute atomic E-state index is 0.0520. The van der Waals surface area contributed by atoms with Crippen LogP contribution < -0.4 is 10.1 Å². The van der Waals surface area contributed by atoms with E-state index in [0.717, 1.165) is 17.8 Å². The molecule has 0 aliphatic carbocycles. The maximum Gasteiger partial charge on any atom is 0.416 e. The Balaban J connectivity index is 1.51. The van der Waals surface area contributed by atoms with Gasteiger partial charge in [-0.25, -0.2) is 9.78 Å². The van der Waals surface area contributed by atoms with Crippen LogP contribution in [0.3, 0.4) is 0 Å². The topological polar surface area (TPSA) is 67.3 Å². The number of benzene rings is 1. The maximum atomic E-state index is 12.6. The third kappa shape index (κ3) is 5.11. The summed E-state index contributed by atoms with van der Waals surface area (Å²) in [6, 6.07) is 5.82. The van der Waals surface area contributed by atoms with Gasteiger partial charge >= 0.3 is 12.2 Å². The highest BCUT2D eigenvalue weighted by atomic mass is 19.4. The highest BCUT2D eigenvalue weighted by Crippen LogP contribution is 2.30. The van der Waals surface area contributed by atoms with Crippen LogP contribution in [-0.2, 0) is 6.18 Å². The highest BCUT2D eigenvalue weighted by Gasteiger charge is 2.30. The number of aromatic nitrogens is 2. The van der Waals surface area contributed by atoms with Gasteiger partial charge in [0.15, 0.2) is 0 Å². The van der Waals surface area contributed by atoms with Crippen LogP contribution in [0.15, 0.2) is 30.3 Å². The second-order valence-electron chi connectivity index (χ2n) is 6.70. The van der Waals surface area contributed by atoms with Gasteiger partial charge in [-0.3, -0.25) is 0 Å². The summed E-state index contributed by atoms with van der Waals surface area (Å²) in [7, 11) is 0. The van der Waals surface area contributed by atoms with Gasteiger partial charge in [-0.2, -0.15) is 18.2 Å². The van der Waals surface area contributed by atoms with E-state index in [0.29, 0.717) is 43.3 Å². The molecule has 3 rings (SSSR count). The Hall–Kier alpha value is -2.84. The first-order valence-electron chi connectivity index (χ1n) is 8.93. The normalized spacial score (nSPS) is 15.4. The number of anilines is 1. The molecule has 2 amide bonds. The highest BCUT2D eigenvalue weighted by molar-refractivity contribution is 5.89. The van der Waals surface area contributed by atoms with Crippen molar-refractivity contribution in [1.29, 1.82) is 0 Å². The summed E-state index contributed by atoms with van der Waals surface area (Å²) >= 11 is 0. The Morgan fingerprint density at radius 1 is 1.14 bits per heavy atom. The molecule has 2 aromatic rings. The molecule has 1 saturated heterocycles. The fourth-order valence-corrected chi connectivity index (χ4v) is 3.04. The molecule has 0 saturated carbocycles. The van der Waals surface area contributed by atoms with E-state index in [1.807, 2.05) is 6.92 Å². The van der Waals surface area contributed by atoms with Crippen LogP contribution in [0.5, 0.6) is 5.88 Å². The molecule has 0 unspecified atom stereocenters. The first-order valence-corrected chi connectivity index (χ1v) is 8.93. The van der Waals surface area contributed by atoms with Crippen molar-refractivity contribution in [2.24, 2.45) is 0 Å². The lowest BCUT2D eigenvalue weighted by molar-refractivity contribution is -0.137. The number of urea groups is 1. The largest absolute Gasteiger partial charge is 0.474 e. The summed E-state index contributed by atoms with van der Waals surface area (Å²) < 4.78 is 43.7. The van der Waals surface area contributed by atoms with Gasteiger partial charge in [0.2, 0.25) is 5.88 Å². The van der Waals surface area contributed by atoms with Gasteiger partial charge in [-0.15, -0.1) is 0 Å². The van der Waals surface area contributed by atoms with E-state index in [9.17, 15) is 18.0 Å². The molecule has 150 valence electrons. The summed E-state index contributed by atoms with van der Waals surface area (Å²) in [5.41, 5.74) is 0.401. The molecule has 1 fully saturated rings. The van der Waals surface area contributed by atoms with Crippen molar-refractivity contribution in [2.45, 2.75) is 39.0 Å². The number of alkyl halides is 3. The van der Waals surface area contributed by atoms with Crippen molar-refractivity contribution in [1.82, 2.24) is 14.9 Å². The molecule has 0 spiro atoms. The molecular formula is C19H21F3N4O2. The first-order chi connectivity index (χ1) is 13.2. The minimum atomic E-state index is -4.40. The molecule has 9 heteroatoms. The van der Waals surface area contributed by atoms with Crippen molar-refractivity contribution < 1.29 is 22.7 Å². The van der Waals surface area contributed by atoms with Gasteiger partial charge in [-0.05, 0) is 38.1 Å². The molecule has 1 N–H and O–H groups in total. The minimum Gasteiger partial charge on any atom is -0.474 e. The molecule has 1 aromatic heterocycles. The Morgan fingerprint density at radius 3 is 2.36 bits per heavy atom. The van der Waals surface area contributed by atoms with E-state index in [2.05, 4.69) is 15.3 Å². The van der Waals surface area contributed by atoms with Crippen molar-refractivity contribution in [2.75, 3.05) is 18.4 Å². The number of hydrogen-bond acceptors (Lipinski definition) is 4. The lowest BCUT2D eigenvalue weighted by atomic mass is 10.1. The van der Waals surface area contributed by atoms with E-state index in [-0.39, 0.29) is 12.1 Å². The number of halogens is 3. The number of nitrogens with one attached hydrogen (secondary N) is 1. The molecule has 0 radical (unpaired) electrons. The smallest absolute Gasteiger partial charge is 0.416 e. The quantitative estimate of drug-likeness (QED) is 0.848. The molecule has 0 atom stereocenters. The fourth-order valence-electron chi connectivity index (χ4n) is 3.04. The molecule has 1 aromatic carbocycles. The summed E-state index contributed by atoms with van der Waals surface area (Å²) in [6.07, 6.45) is -3.17. The number of piperidine rings is 1. The van der Waals surface area contributed by atoms with Crippen LogP contribution in [0.4, 0.5) is 23.7 Å². The molecule has 0 bridgehead atoms. The van der Waals surface area contributed by atoms with Gasteiger partial charge < -0.3 is 15.0 Å². The Labute approximate surface area is 160 Å². The van der Waals surface area contributed by atoms with E-state index >= 15 is 0 Å². The SMILES string of the molecule is Cc1cc(OC2CCN(C(=O)Nc3ccc(C(F)(F)F)cc3)CC2)nc(C)n1. The van der Waals surface area contributed by atoms with Gasteiger partial charge in [0.1, 0.15) is 11.9 Å². The number of aryl methyl sites for hydroxylation is 2. The summed E-state index contributed by atoms with van der Waals surface area (Å²) in [6.45, 7) is 4.64. The molecule has 6 nitrogen and oxygen atoms in total. The molecule has 1 aliphatic rings. The van der Waals surface area contributed by atoms with Crippen LogP contribution in [0.1, 0.15) is 29.9 Å². The lowest BCUT2D eigenvalue weighted by Gasteiger charge is -2.32. The monoisotopic (exact) mass is 394 g/mol. The Bertz CT molecular complexity index is 812. The number of ether oxygens (including phenoxy) is 1. The fraction of sp³-hybridized carbons (Fsp3) is 0.421. The standard InChI is InChI=1S/C19H21F3N4O2/c1-12-11-17(24-13(2)23-12)28-16-7-9-26(10-8-16)18(27)25-15-5-3-14(4-6-15)19(20,21)22/h3-6,11,16H,7-10H2,1-2H3,(H,25,27). The average molecular weight is 394 g/mol. The van der Waals surface area contributed by atoms with Gasteiger partial charge in [-0.1, -0.05) is 0 Å². The third-order valence-corrected chi connectivity index (χ3v) is 4.42.